The van der Waals surface area contributed by atoms with Crippen LogP contribution in [0.4, 0.5) is 0 Å². The monoisotopic (exact) mass is 362 g/mol. The molecule has 1 aliphatic carbocycles. The van der Waals surface area contributed by atoms with E-state index in [-0.39, 0.29) is 11.2 Å². The first-order chi connectivity index (χ1) is 12.6. The van der Waals surface area contributed by atoms with Crippen molar-refractivity contribution in [2.75, 3.05) is 0 Å². The Kier molecular flexibility index (Phi) is 4.68. The molecular formula is C22H22N2OS. The number of aryl methyl sites for hydroxylation is 2. The van der Waals surface area contributed by atoms with Gasteiger partial charge in [0.05, 0.1) is 10.5 Å². The van der Waals surface area contributed by atoms with Crippen LogP contribution >= 0.6 is 11.8 Å². The number of benzene rings is 2. The van der Waals surface area contributed by atoms with Crippen molar-refractivity contribution in [3.63, 3.8) is 0 Å². The van der Waals surface area contributed by atoms with Gasteiger partial charge in [-0.2, -0.15) is 0 Å². The molecule has 1 atom stereocenters. The lowest BCUT2D eigenvalue weighted by Gasteiger charge is -2.17. The number of pyridine rings is 1. The standard InChI is InChI=1S/C22H22N2OS/c1-14-7-6-10-18-15(2)13-19(24-20(14)18)26-21(16-8-4-3-5-9-16)22(25)23-17-11-12-17/h3-10,13,17,21H,11-12H2,1-2H3,(H,23,25)/t21-/m0/s1. The van der Waals surface area contributed by atoms with Crippen LogP contribution in [0.5, 0.6) is 0 Å². The summed E-state index contributed by atoms with van der Waals surface area (Å²) in [5, 5.41) is 4.93. The summed E-state index contributed by atoms with van der Waals surface area (Å²) in [5.74, 6) is 0.0769. The molecule has 26 heavy (non-hydrogen) atoms. The molecule has 2 aromatic carbocycles. The Bertz CT molecular complexity index is 951. The summed E-state index contributed by atoms with van der Waals surface area (Å²) < 4.78 is 0. The van der Waals surface area contributed by atoms with Gasteiger partial charge in [-0.05, 0) is 49.4 Å². The Balaban J connectivity index is 1.70. The minimum absolute atomic E-state index is 0.0769. The second-order valence-corrected chi connectivity index (χ2v) is 8.07. The van der Waals surface area contributed by atoms with E-state index in [0.717, 1.165) is 34.5 Å². The molecule has 4 rings (SSSR count). The quantitative estimate of drug-likeness (QED) is 0.652. The van der Waals surface area contributed by atoms with Crippen molar-refractivity contribution in [2.24, 2.45) is 0 Å². The molecule has 0 bridgehead atoms. The lowest BCUT2D eigenvalue weighted by atomic mass is 10.1. The lowest BCUT2D eigenvalue weighted by molar-refractivity contribution is -0.120. The molecule has 0 unspecified atom stereocenters. The van der Waals surface area contributed by atoms with Crippen LogP contribution in [0, 0.1) is 13.8 Å². The van der Waals surface area contributed by atoms with Crippen molar-refractivity contribution in [1.29, 1.82) is 0 Å². The molecule has 1 N–H and O–H groups in total. The molecule has 1 heterocycles. The fourth-order valence-corrected chi connectivity index (χ4v) is 4.22. The van der Waals surface area contributed by atoms with Crippen LogP contribution in [0.25, 0.3) is 10.9 Å². The van der Waals surface area contributed by atoms with Gasteiger partial charge in [0.2, 0.25) is 5.91 Å². The average Bonchev–Trinajstić information content (AvgIpc) is 3.45. The van der Waals surface area contributed by atoms with Gasteiger partial charge in [0, 0.05) is 11.4 Å². The molecule has 1 saturated carbocycles. The maximum absolute atomic E-state index is 12.9. The van der Waals surface area contributed by atoms with Gasteiger partial charge in [0.1, 0.15) is 5.25 Å². The van der Waals surface area contributed by atoms with E-state index in [2.05, 4.69) is 43.4 Å². The second kappa shape index (κ2) is 7.12. The Hall–Kier alpha value is -2.33. The zero-order valence-corrected chi connectivity index (χ0v) is 15.8. The molecule has 0 spiro atoms. The number of hydrogen-bond acceptors (Lipinski definition) is 3. The molecule has 1 fully saturated rings. The molecule has 4 heteroatoms. The smallest absolute Gasteiger partial charge is 0.238 e. The number of rotatable bonds is 5. The van der Waals surface area contributed by atoms with Gasteiger partial charge >= 0.3 is 0 Å². The van der Waals surface area contributed by atoms with Gasteiger partial charge in [-0.3, -0.25) is 4.79 Å². The van der Waals surface area contributed by atoms with Gasteiger partial charge in [-0.15, -0.1) is 0 Å². The predicted molar refractivity (Wildman–Crippen MR) is 107 cm³/mol. The third-order valence-electron chi connectivity index (χ3n) is 4.73. The number of carbonyl (C=O) groups is 1. The van der Waals surface area contributed by atoms with Gasteiger partial charge in [-0.25, -0.2) is 4.98 Å². The molecule has 132 valence electrons. The van der Waals surface area contributed by atoms with Crippen LogP contribution < -0.4 is 5.32 Å². The summed E-state index contributed by atoms with van der Waals surface area (Å²) in [5.41, 5.74) is 4.38. The SMILES string of the molecule is Cc1cc(S[C@H](C(=O)NC2CC2)c2ccccc2)nc2c(C)cccc12. The van der Waals surface area contributed by atoms with E-state index in [1.807, 2.05) is 30.3 Å². The first-order valence-corrected chi connectivity index (χ1v) is 9.89. The van der Waals surface area contributed by atoms with Gasteiger partial charge in [0.15, 0.2) is 0 Å². The predicted octanol–water partition coefficient (Wildman–Crippen LogP) is 4.96. The fourth-order valence-electron chi connectivity index (χ4n) is 3.12. The van der Waals surface area contributed by atoms with Crippen molar-refractivity contribution >= 4 is 28.6 Å². The molecule has 1 aromatic heterocycles. The highest BCUT2D eigenvalue weighted by atomic mass is 32.2. The van der Waals surface area contributed by atoms with Crippen LogP contribution in [-0.4, -0.2) is 16.9 Å². The van der Waals surface area contributed by atoms with Crippen LogP contribution in [0.2, 0.25) is 0 Å². The second-order valence-electron chi connectivity index (χ2n) is 6.94. The van der Waals surface area contributed by atoms with Crippen molar-refractivity contribution in [1.82, 2.24) is 10.3 Å². The Morgan fingerprint density at radius 3 is 2.58 bits per heavy atom. The molecule has 0 saturated heterocycles. The van der Waals surface area contributed by atoms with Crippen LogP contribution in [0.1, 0.15) is 34.8 Å². The van der Waals surface area contributed by atoms with Crippen LogP contribution in [-0.2, 0) is 4.79 Å². The summed E-state index contributed by atoms with van der Waals surface area (Å²) in [6, 6.07) is 18.7. The molecule has 0 radical (unpaired) electrons. The van der Waals surface area contributed by atoms with Gasteiger partial charge in [-0.1, -0.05) is 60.3 Å². The highest BCUT2D eigenvalue weighted by molar-refractivity contribution is 8.00. The first-order valence-electron chi connectivity index (χ1n) is 9.01. The number of hydrogen-bond donors (Lipinski definition) is 1. The minimum Gasteiger partial charge on any atom is -0.352 e. The molecular weight excluding hydrogens is 340 g/mol. The Morgan fingerprint density at radius 2 is 1.85 bits per heavy atom. The maximum Gasteiger partial charge on any atom is 0.238 e. The van der Waals surface area contributed by atoms with E-state index < -0.39 is 0 Å². The zero-order chi connectivity index (χ0) is 18.1. The maximum atomic E-state index is 12.9. The molecule has 1 amide bonds. The first kappa shape index (κ1) is 17.1. The minimum atomic E-state index is -0.287. The van der Waals surface area contributed by atoms with Crippen molar-refractivity contribution in [3.8, 4) is 0 Å². The number of aromatic nitrogens is 1. The van der Waals surface area contributed by atoms with E-state index in [9.17, 15) is 4.79 Å². The molecule has 3 nitrogen and oxygen atoms in total. The van der Waals surface area contributed by atoms with Gasteiger partial charge in [0.25, 0.3) is 0 Å². The molecule has 1 aliphatic rings. The molecule has 0 aliphatic heterocycles. The number of para-hydroxylation sites is 1. The van der Waals surface area contributed by atoms with E-state index >= 15 is 0 Å². The molecule has 3 aromatic rings. The lowest BCUT2D eigenvalue weighted by Crippen LogP contribution is -2.29. The van der Waals surface area contributed by atoms with E-state index in [4.69, 9.17) is 4.98 Å². The summed E-state index contributed by atoms with van der Waals surface area (Å²) in [7, 11) is 0. The fraction of sp³-hybridized carbons (Fsp3) is 0.273. The Morgan fingerprint density at radius 1 is 1.08 bits per heavy atom. The van der Waals surface area contributed by atoms with E-state index in [1.165, 1.54) is 22.7 Å². The largest absolute Gasteiger partial charge is 0.352 e. The Labute approximate surface area is 158 Å². The number of thioether (sulfide) groups is 1. The highest BCUT2D eigenvalue weighted by Gasteiger charge is 2.29. The number of amides is 1. The zero-order valence-electron chi connectivity index (χ0n) is 15.0. The summed E-state index contributed by atoms with van der Waals surface area (Å²) >= 11 is 1.53. The highest BCUT2D eigenvalue weighted by Crippen LogP contribution is 2.37. The number of nitrogens with one attached hydrogen (secondary N) is 1. The number of fused-ring (bicyclic) bond motifs is 1. The van der Waals surface area contributed by atoms with Crippen molar-refractivity contribution in [3.05, 3.63) is 71.3 Å². The van der Waals surface area contributed by atoms with Gasteiger partial charge < -0.3 is 5.32 Å². The van der Waals surface area contributed by atoms with Crippen molar-refractivity contribution < 1.29 is 4.79 Å². The summed E-state index contributed by atoms with van der Waals surface area (Å²) in [6.45, 7) is 4.19. The van der Waals surface area contributed by atoms with Crippen LogP contribution in [0.3, 0.4) is 0 Å². The summed E-state index contributed by atoms with van der Waals surface area (Å²) in [6.07, 6.45) is 2.18. The average molecular weight is 362 g/mol. The van der Waals surface area contributed by atoms with E-state index in [0.29, 0.717) is 6.04 Å². The third-order valence-corrected chi connectivity index (χ3v) is 5.90. The van der Waals surface area contributed by atoms with Crippen molar-refractivity contribution in [2.45, 2.75) is 43.0 Å². The summed E-state index contributed by atoms with van der Waals surface area (Å²) in [4.78, 5) is 17.7. The number of nitrogens with zero attached hydrogens (tertiary/aromatic N) is 1. The van der Waals surface area contributed by atoms with E-state index in [1.54, 1.807) is 0 Å². The topological polar surface area (TPSA) is 42.0 Å². The normalized spacial score (nSPS) is 15.0. The van der Waals surface area contributed by atoms with Crippen LogP contribution in [0.15, 0.2) is 59.6 Å². The third kappa shape index (κ3) is 3.61. The number of carbonyl (C=O) groups excluding carboxylic acids is 1.